The molecular formula is C15H26NO9P. The number of hydroxylamine groups is 2. The molecule has 11 heteroatoms. The fourth-order valence-corrected chi connectivity index (χ4v) is 3.11. The first kappa shape index (κ1) is 22.6. The van der Waals surface area contributed by atoms with E-state index in [1.54, 1.807) is 0 Å². The number of rotatable bonds is 11. The number of hydrogen-bond acceptors (Lipinski definition) is 9. The first-order chi connectivity index (χ1) is 12.1. The summed E-state index contributed by atoms with van der Waals surface area (Å²) in [5, 5.41) is 0.367. The number of phosphoric ester groups is 1. The standard InChI is InChI=1S/C15H26NO9P/c1-11(2)9-23-26(20,24-10-12(3)4)22-8-7-21-15(19)25-16-13(17)5-6-14(16)18/h11-12H,5-10H2,1-4H3. The van der Waals surface area contributed by atoms with Gasteiger partial charge in [-0.3, -0.25) is 28.0 Å². The summed E-state index contributed by atoms with van der Waals surface area (Å²) in [6.07, 6.45) is -1.27. The van der Waals surface area contributed by atoms with Gasteiger partial charge in [0.1, 0.15) is 6.61 Å². The Labute approximate surface area is 152 Å². The van der Waals surface area contributed by atoms with Crippen molar-refractivity contribution in [3.8, 4) is 0 Å². The first-order valence-electron chi connectivity index (χ1n) is 8.37. The smallest absolute Gasteiger partial charge is 0.430 e. The largest absolute Gasteiger partial charge is 0.534 e. The van der Waals surface area contributed by atoms with Gasteiger partial charge in [-0.05, 0) is 11.8 Å². The van der Waals surface area contributed by atoms with Gasteiger partial charge in [-0.1, -0.05) is 32.8 Å². The Kier molecular flexibility index (Phi) is 9.21. The number of carbonyl (C=O) groups excluding carboxylic acids is 3. The van der Waals surface area contributed by atoms with Crippen LogP contribution >= 0.6 is 7.82 Å². The third-order valence-corrected chi connectivity index (χ3v) is 4.29. The van der Waals surface area contributed by atoms with Gasteiger partial charge < -0.3 is 4.74 Å². The zero-order chi connectivity index (χ0) is 19.7. The van der Waals surface area contributed by atoms with Crippen LogP contribution in [0.4, 0.5) is 4.79 Å². The molecule has 0 atom stereocenters. The molecule has 0 aromatic carbocycles. The van der Waals surface area contributed by atoms with Gasteiger partial charge in [-0.25, -0.2) is 9.36 Å². The van der Waals surface area contributed by atoms with Crippen LogP contribution in [0.25, 0.3) is 0 Å². The fraction of sp³-hybridized carbons (Fsp3) is 0.800. The van der Waals surface area contributed by atoms with E-state index < -0.39 is 25.8 Å². The maximum absolute atomic E-state index is 12.5. The number of nitrogens with zero attached hydrogens (tertiary/aromatic N) is 1. The molecule has 1 aliphatic rings. The minimum Gasteiger partial charge on any atom is -0.430 e. The molecule has 0 unspecified atom stereocenters. The van der Waals surface area contributed by atoms with Gasteiger partial charge >= 0.3 is 14.0 Å². The summed E-state index contributed by atoms with van der Waals surface area (Å²) in [5.41, 5.74) is 0. The van der Waals surface area contributed by atoms with E-state index in [4.69, 9.17) is 13.6 Å². The lowest BCUT2D eigenvalue weighted by molar-refractivity contribution is -0.177. The third kappa shape index (κ3) is 8.27. The average molecular weight is 395 g/mol. The molecule has 150 valence electrons. The summed E-state index contributed by atoms with van der Waals surface area (Å²) in [6, 6.07) is 0. The molecule has 1 rings (SSSR count). The highest BCUT2D eigenvalue weighted by Gasteiger charge is 2.33. The minimum absolute atomic E-state index is 0.0151. The molecule has 0 saturated carbocycles. The molecule has 0 bridgehead atoms. The lowest BCUT2D eigenvalue weighted by atomic mass is 10.2. The molecule has 26 heavy (non-hydrogen) atoms. The van der Waals surface area contributed by atoms with Crippen molar-refractivity contribution in [1.29, 1.82) is 0 Å². The predicted molar refractivity (Wildman–Crippen MR) is 88.7 cm³/mol. The van der Waals surface area contributed by atoms with Gasteiger partial charge in [-0.15, -0.1) is 0 Å². The second-order valence-electron chi connectivity index (χ2n) is 6.43. The highest BCUT2D eigenvalue weighted by molar-refractivity contribution is 7.48. The molecule has 2 amide bonds. The number of amides is 2. The summed E-state index contributed by atoms with van der Waals surface area (Å²) in [7, 11) is -3.79. The summed E-state index contributed by atoms with van der Waals surface area (Å²) < 4.78 is 32.8. The van der Waals surface area contributed by atoms with Crippen molar-refractivity contribution in [2.45, 2.75) is 40.5 Å². The Bertz CT molecular complexity index is 517. The first-order valence-corrected chi connectivity index (χ1v) is 9.83. The predicted octanol–water partition coefficient (Wildman–Crippen LogP) is 2.67. The quantitative estimate of drug-likeness (QED) is 0.225. The molecule has 0 aromatic rings. The van der Waals surface area contributed by atoms with Gasteiger partial charge in [0.15, 0.2) is 0 Å². The molecule has 0 aromatic heterocycles. The summed E-state index contributed by atoms with van der Waals surface area (Å²) >= 11 is 0. The molecular weight excluding hydrogens is 369 g/mol. The number of hydrogen-bond donors (Lipinski definition) is 0. The molecule has 0 aliphatic carbocycles. The van der Waals surface area contributed by atoms with E-state index in [0.717, 1.165) is 0 Å². The highest BCUT2D eigenvalue weighted by atomic mass is 31.2. The maximum Gasteiger partial charge on any atom is 0.534 e. The van der Waals surface area contributed by atoms with Gasteiger partial charge in [-0.2, -0.15) is 0 Å². The zero-order valence-corrected chi connectivity index (χ0v) is 16.4. The van der Waals surface area contributed by atoms with Crippen LogP contribution in [-0.2, 0) is 37.3 Å². The lowest BCUT2D eigenvalue weighted by Crippen LogP contribution is -2.32. The van der Waals surface area contributed by atoms with E-state index in [1.807, 2.05) is 27.7 Å². The molecule has 1 fully saturated rings. The normalized spacial score (nSPS) is 15.2. The summed E-state index contributed by atoms with van der Waals surface area (Å²) in [5.74, 6) is -0.985. The van der Waals surface area contributed by atoms with Crippen LogP contribution in [0, 0.1) is 11.8 Å². The number of carbonyl (C=O) groups is 3. The maximum atomic E-state index is 12.5. The molecule has 1 aliphatic heterocycles. The molecule has 0 spiro atoms. The lowest BCUT2D eigenvalue weighted by Gasteiger charge is -2.20. The highest BCUT2D eigenvalue weighted by Crippen LogP contribution is 2.49. The van der Waals surface area contributed by atoms with Crippen LogP contribution in [0.15, 0.2) is 0 Å². The summed E-state index contributed by atoms with van der Waals surface area (Å²) in [6.45, 7) is 7.29. The van der Waals surface area contributed by atoms with Crippen LogP contribution in [0.2, 0.25) is 0 Å². The van der Waals surface area contributed by atoms with Gasteiger partial charge in [0.05, 0.1) is 19.8 Å². The number of ether oxygens (including phenoxy) is 1. The fourth-order valence-electron chi connectivity index (χ4n) is 1.63. The Balaban J connectivity index is 2.38. The van der Waals surface area contributed by atoms with Crippen molar-refractivity contribution in [3.05, 3.63) is 0 Å². The third-order valence-electron chi connectivity index (χ3n) is 2.86. The Morgan fingerprint density at radius 1 is 0.962 bits per heavy atom. The van der Waals surface area contributed by atoms with E-state index in [-0.39, 0.29) is 51.1 Å². The van der Waals surface area contributed by atoms with Crippen molar-refractivity contribution in [2.24, 2.45) is 11.8 Å². The van der Waals surface area contributed by atoms with Crippen LogP contribution < -0.4 is 0 Å². The van der Waals surface area contributed by atoms with Crippen molar-refractivity contribution in [1.82, 2.24) is 5.06 Å². The van der Waals surface area contributed by atoms with E-state index in [2.05, 4.69) is 9.57 Å². The van der Waals surface area contributed by atoms with Crippen molar-refractivity contribution in [3.63, 3.8) is 0 Å². The van der Waals surface area contributed by atoms with Crippen LogP contribution in [0.5, 0.6) is 0 Å². The second-order valence-corrected chi connectivity index (χ2v) is 8.10. The molecule has 10 nitrogen and oxygen atoms in total. The van der Waals surface area contributed by atoms with E-state index in [1.165, 1.54) is 0 Å². The van der Waals surface area contributed by atoms with Gasteiger partial charge in [0, 0.05) is 12.8 Å². The van der Waals surface area contributed by atoms with Crippen LogP contribution in [0.3, 0.4) is 0 Å². The van der Waals surface area contributed by atoms with E-state index >= 15 is 0 Å². The Morgan fingerprint density at radius 2 is 1.46 bits per heavy atom. The SMILES string of the molecule is CC(C)COP(=O)(OCCOC(=O)ON1C(=O)CCC1=O)OCC(C)C. The molecule has 0 N–H and O–H groups in total. The van der Waals surface area contributed by atoms with Crippen LogP contribution in [0.1, 0.15) is 40.5 Å². The minimum atomic E-state index is -3.79. The van der Waals surface area contributed by atoms with Crippen LogP contribution in [-0.4, -0.2) is 49.5 Å². The van der Waals surface area contributed by atoms with Crippen molar-refractivity contribution in [2.75, 3.05) is 26.4 Å². The van der Waals surface area contributed by atoms with Crippen molar-refractivity contribution < 1.29 is 42.1 Å². The average Bonchev–Trinajstić information content (AvgIpc) is 2.87. The van der Waals surface area contributed by atoms with E-state index in [0.29, 0.717) is 5.06 Å². The topological polar surface area (TPSA) is 118 Å². The van der Waals surface area contributed by atoms with Crippen molar-refractivity contribution >= 4 is 25.8 Å². The second kappa shape index (κ2) is 10.6. The van der Waals surface area contributed by atoms with Gasteiger partial charge in [0.25, 0.3) is 11.8 Å². The monoisotopic (exact) mass is 395 g/mol. The zero-order valence-electron chi connectivity index (χ0n) is 15.5. The molecule has 0 radical (unpaired) electrons. The van der Waals surface area contributed by atoms with E-state index in [9.17, 15) is 18.9 Å². The Hall–Kier alpha value is -1.48. The molecule has 1 heterocycles. The number of imide groups is 1. The van der Waals surface area contributed by atoms with Gasteiger partial charge in [0.2, 0.25) is 0 Å². The number of phosphoric acid groups is 1. The molecule has 1 saturated heterocycles. The summed E-state index contributed by atoms with van der Waals surface area (Å²) in [4.78, 5) is 38.6. The Morgan fingerprint density at radius 3 is 1.92 bits per heavy atom.